The van der Waals surface area contributed by atoms with Crippen LogP contribution in [-0.4, -0.2) is 47.5 Å². The highest BCUT2D eigenvalue weighted by atomic mass is 35.5. The van der Waals surface area contributed by atoms with Gasteiger partial charge in [0.1, 0.15) is 24.4 Å². The van der Waals surface area contributed by atoms with Gasteiger partial charge in [-0.1, -0.05) is 0 Å². The molecule has 0 unspecified atom stereocenters. The maximum atomic E-state index is 10.3. The van der Waals surface area contributed by atoms with Crippen molar-refractivity contribution in [1.29, 1.82) is 0 Å². The van der Waals surface area contributed by atoms with E-state index in [2.05, 4.69) is 12.9 Å². The van der Waals surface area contributed by atoms with E-state index in [0.717, 1.165) is 0 Å². The lowest BCUT2D eigenvalue weighted by Gasteiger charge is -2.26. The highest BCUT2D eigenvalue weighted by Crippen LogP contribution is 2.16. The molecule has 15 heavy (non-hydrogen) atoms. The van der Waals surface area contributed by atoms with Gasteiger partial charge in [-0.15, -0.1) is 0 Å². The largest absolute Gasteiger partial charge is 0.388 e. The Morgan fingerprint density at radius 2 is 1.67 bits per heavy atom. The predicted molar refractivity (Wildman–Crippen MR) is 51.3 cm³/mol. The number of hydrogen-bond donors (Lipinski definition) is 2. The number of rotatable bonds is 8. The van der Waals surface area contributed by atoms with E-state index in [1.165, 1.54) is 0 Å². The summed E-state index contributed by atoms with van der Waals surface area (Å²) in [6.07, 6.45) is -5.38. The normalized spacial score (nSPS) is 19.3. The van der Waals surface area contributed by atoms with Gasteiger partial charge in [0.05, 0.1) is 42.2 Å². The molecule has 0 spiro atoms. The molecule has 0 aromatic heterocycles. The lowest BCUT2D eigenvalue weighted by atomic mass is 10.0. The molecular weight excluding hydrogens is 274 g/mol. The van der Waals surface area contributed by atoms with Crippen molar-refractivity contribution in [3.63, 3.8) is 0 Å². The molecule has 0 aliphatic carbocycles. The summed E-state index contributed by atoms with van der Waals surface area (Å²) in [5.41, 5.74) is 0. The summed E-state index contributed by atoms with van der Waals surface area (Å²) in [6.45, 7) is -0.346. The molecule has 0 saturated carbocycles. The van der Waals surface area contributed by atoms with Crippen LogP contribution < -0.4 is 0 Å². The lowest BCUT2D eigenvalue weighted by Crippen LogP contribution is -2.47. The zero-order valence-electron chi connectivity index (χ0n) is 7.26. The molecule has 0 fully saturated rings. The van der Waals surface area contributed by atoms with Crippen LogP contribution in [0.15, 0.2) is 0 Å². The van der Waals surface area contributed by atoms with Crippen LogP contribution in [0.2, 0.25) is 0 Å². The predicted octanol–water partition coefficient (Wildman–Crippen LogP) is 0.155. The third-order valence-corrected chi connectivity index (χ3v) is 2.16. The molecule has 2 N–H and O–H groups in total. The van der Waals surface area contributed by atoms with Gasteiger partial charge in [-0.25, -0.2) is 0 Å². The molecule has 0 saturated heterocycles. The quantitative estimate of drug-likeness (QED) is 0.617. The number of aldehydes is 1. The van der Waals surface area contributed by atoms with Gasteiger partial charge in [-0.05, 0) is 0 Å². The molecule has 6 nitrogen and oxygen atoms in total. The Labute approximate surface area is 101 Å². The number of hydrogen-bond acceptors (Lipinski definition) is 6. The van der Waals surface area contributed by atoms with Gasteiger partial charge in [0, 0.05) is 0 Å². The highest BCUT2D eigenvalue weighted by Gasteiger charge is 2.36. The molecule has 0 radical (unpaired) electrons. The fourth-order valence-corrected chi connectivity index (χ4v) is 1.42. The Hall–Kier alpha value is 0.340. The summed E-state index contributed by atoms with van der Waals surface area (Å²) >= 11 is 15.0. The zero-order chi connectivity index (χ0) is 11.8. The topological polar surface area (TPSA) is 85.2 Å². The molecule has 0 heterocycles. The fourth-order valence-electron chi connectivity index (χ4n) is 0.864. The zero-order valence-corrected chi connectivity index (χ0v) is 9.52. The molecule has 0 aromatic carbocycles. The van der Waals surface area contributed by atoms with Crippen molar-refractivity contribution < 1.29 is 27.9 Å². The molecule has 90 valence electrons. The molecular formula is C6H9Cl3O6. The van der Waals surface area contributed by atoms with Gasteiger partial charge in [0.25, 0.3) is 0 Å². The summed E-state index contributed by atoms with van der Waals surface area (Å²) in [6, 6.07) is 0. The molecule has 0 aliphatic rings. The Morgan fingerprint density at radius 3 is 2.00 bits per heavy atom. The van der Waals surface area contributed by atoms with Crippen molar-refractivity contribution in [2.24, 2.45) is 0 Å². The maximum Gasteiger partial charge on any atom is 0.151 e. The monoisotopic (exact) mass is 282 g/mol. The van der Waals surface area contributed by atoms with Gasteiger partial charge in [0.15, 0.2) is 6.29 Å². The maximum absolute atomic E-state index is 10.3. The van der Waals surface area contributed by atoms with E-state index in [4.69, 9.17) is 40.7 Å². The SMILES string of the molecule is O=C[C@H](O)[C@@H](OCl)[C@H](OCl)[C@H](O)COCl. The van der Waals surface area contributed by atoms with Crippen LogP contribution in [-0.2, 0) is 17.7 Å². The number of aliphatic hydroxyl groups excluding tert-OH is 2. The van der Waals surface area contributed by atoms with E-state index in [-0.39, 0.29) is 12.9 Å². The van der Waals surface area contributed by atoms with Crippen LogP contribution >= 0.6 is 35.6 Å². The van der Waals surface area contributed by atoms with Crippen LogP contribution in [0.3, 0.4) is 0 Å². The Kier molecular flexibility index (Phi) is 8.68. The first-order chi connectivity index (χ1) is 7.12. The minimum absolute atomic E-state index is 0.157. The smallest absolute Gasteiger partial charge is 0.151 e. The van der Waals surface area contributed by atoms with Crippen molar-refractivity contribution >= 4 is 41.9 Å². The van der Waals surface area contributed by atoms with E-state index in [1.807, 2.05) is 0 Å². The summed E-state index contributed by atoms with van der Waals surface area (Å²) in [4.78, 5) is 10.3. The highest BCUT2D eigenvalue weighted by molar-refractivity contribution is 6.08. The number of halogens is 3. The van der Waals surface area contributed by atoms with E-state index >= 15 is 0 Å². The van der Waals surface area contributed by atoms with E-state index in [0.29, 0.717) is 0 Å². The first-order valence-corrected chi connectivity index (χ1v) is 4.64. The molecule has 0 aliphatic heterocycles. The van der Waals surface area contributed by atoms with Crippen molar-refractivity contribution in [3.8, 4) is 0 Å². The average molecular weight is 283 g/mol. The fraction of sp³-hybridized carbons (Fsp3) is 0.833. The Balaban J connectivity index is 4.51. The van der Waals surface area contributed by atoms with Gasteiger partial charge in [-0.3, -0.25) is 12.9 Å². The van der Waals surface area contributed by atoms with Crippen molar-refractivity contribution in [3.05, 3.63) is 0 Å². The number of aliphatic hydroxyl groups is 2. The van der Waals surface area contributed by atoms with E-state index in [9.17, 15) is 9.90 Å². The molecule has 4 atom stereocenters. The van der Waals surface area contributed by atoms with Gasteiger partial charge in [-0.2, -0.15) is 0 Å². The van der Waals surface area contributed by atoms with Gasteiger partial charge < -0.3 is 15.0 Å². The average Bonchev–Trinajstić information content (AvgIpc) is 2.24. The summed E-state index contributed by atoms with van der Waals surface area (Å²) in [7, 11) is 0. The first kappa shape index (κ1) is 15.3. The molecule has 0 bridgehead atoms. The molecule has 9 heteroatoms. The second-order valence-corrected chi connectivity index (χ2v) is 3.15. The summed E-state index contributed by atoms with van der Waals surface area (Å²) in [5.74, 6) is 0. The minimum atomic E-state index is -1.60. The Bertz CT molecular complexity index is 182. The van der Waals surface area contributed by atoms with Crippen molar-refractivity contribution in [2.45, 2.75) is 24.4 Å². The van der Waals surface area contributed by atoms with Crippen molar-refractivity contribution in [2.75, 3.05) is 6.61 Å². The van der Waals surface area contributed by atoms with Crippen LogP contribution in [0.4, 0.5) is 0 Å². The summed E-state index contributed by atoms with van der Waals surface area (Å²) < 4.78 is 12.7. The number of carbonyl (C=O) groups is 1. The Morgan fingerprint density at radius 1 is 1.13 bits per heavy atom. The number of carbonyl (C=O) groups excluding carboxylic acids is 1. The van der Waals surface area contributed by atoms with Crippen LogP contribution in [0.1, 0.15) is 0 Å². The summed E-state index contributed by atoms with van der Waals surface area (Å²) in [5, 5.41) is 18.5. The third-order valence-electron chi connectivity index (χ3n) is 1.62. The standard InChI is InChI=1S/C6H9Cl3O6/c7-13-2-4(12)6(15-9)5(14-8)3(11)1-10/h1,3-6,11-12H,2H2/t3-,4+,5+,6+/m0/s1. The molecule has 0 rings (SSSR count). The van der Waals surface area contributed by atoms with Crippen molar-refractivity contribution in [1.82, 2.24) is 0 Å². The van der Waals surface area contributed by atoms with Crippen LogP contribution in [0.25, 0.3) is 0 Å². The van der Waals surface area contributed by atoms with Crippen LogP contribution in [0, 0.1) is 0 Å². The van der Waals surface area contributed by atoms with Gasteiger partial charge in [0.2, 0.25) is 0 Å². The first-order valence-electron chi connectivity index (χ1n) is 3.72. The van der Waals surface area contributed by atoms with E-state index in [1.54, 1.807) is 0 Å². The lowest BCUT2D eigenvalue weighted by molar-refractivity contribution is -0.127. The van der Waals surface area contributed by atoms with Gasteiger partial charge >= 0.3 is 0 Å². The third kappa shape index (κ3) is 4.80. The van der Waals surface area contributed by atoms with Crippen LogP contribution in [0.5, 0.6) is 0 Å². The molecule has 0 aromatic rings. The minimum Gasteiger partial charge on any atom is -0.388 e. The second-order valence-electron chi connectivity index (χ2n) is 2.58. The van der Waals surface area contributed by atoms with E-state index < -0.39 is 24.4 Å². The molecule has 0 amide bonds. The second kappa shape index (κ2) is 8.49.